The van der Waals surface area contributed by atoms with Gasteiger partial charge in [0.15, 0.2) is 0 Å². The van der Waals surface area contributed by atoms with E-state index >= 15 is 0 Å². The van der Waals surface area contributed by atoms with Gasteiger partial charge in [0, 0.05) is 17.9 Å². The normalized spacial score (nSPS) is 15.6. The Hall–Kier alpha value is -0.890. The standard InChI is InChI=1S/C10H16N2/c1-8(7-9(2)11)10-5-3-4-6-12-10/h3-6,8-9H,7,11H2,1-2H3. The van der Waals surface area contributed by atoms with Gasteiger partial charge in [-0.05, 0) is 31.4 Å². The lowest BCUT2D eigenvalue weighted by atomic mass is 9.99. The molecule has 1 aromatic heterocycles. The molecule has 0 aliphatic heterocycles. The van der Waals surface area contributed by atoms with Crippen molar-refractivity contribution in [1.29, 1.82) is 0 Å². The van der Waals surface area contributed by atoms with E-state index in [1.807, 2.05) is 31.3 Å². The van der Waals surface area contributed by atoms with Crippen molar-refractivity contribution in [1.82, 2.24) is 4.98 Å². The monoisotopic (exact) mass is 164 g/mol. The van der Waals surface area contributed by atoms with Crippen molar-refractivity contribution < 1.29 is 0 Å². The van der Waals surface area contributed by atoms with E-state index in [0.717, 1.165) is 12.1 Å². The Kier molecular flexibility index (Phi) is 3.23. The molecule has 0 aliphatic rings. The molecule has 0 aliphatic carbocycles. The number of nitrogens with zero attached hydrogens (tertiary/aromatic N) is 1. The number of hydrogen-bond donors (Lipinski definition) is 1. The van der Waals surface area contributed by atoms with E-state index < -0.39 is 0 Å². The largest absolute Gasteiger partial charge is 0.328 e. The number of nitrogens with two attached hydrogens (primary N) is 1. The molecule has 2 N–H and O–H groups in total. The third-order valence-corrected chi connectivity index (χ3v) is 1.92. The van der Waals surface area contributed by atoms with Gasteiger partial charge in [0.2, 0.25) is 0 Å². The van der Waals surface area contributed by atoms with Crippen LogP contribution in [0, 0.1) is 0 Å². The van der Waals surface area contributed by atoms with Crippen LogP contribution in [0.4, 0.5) is 0 Å². The Labute approximate surface area is 73.8 Å². The van der Waals surface area contributed by atoms with Gasteiger partial charge in [-0.25, -0.2) is 0 Å². The predicted octanol–water partition coefficient (Wildman–Crippen LogP) is 1.92. The first kappa shape index (κ1) is 9.20. The van der Waals surface area contributed by atoms with Crippen LogP contribution in [0.3, 0.4) is 0 Å². The molecular weight excluding hydrogens is 148 g/mol. The molecule has 1 heterocycles. The molecule has 0 saturated heterocycles. The van der Waals surface area contributed by atoms with Gasteiger partial charge >= 0.3 is 0 Å². The molecule has 1 rings (SSSR count). The van der Waals surface area contributed by atoms with Gasteiger partial charge in [-0.15, -0.1) is 0 Å². The van der Waals surface area contributed by atoms with Crippen LogP contribution in [0.2, 0.25) is 0 Å². The molecule has 0 bridgehead atoms. The molecule has 0 saturated carbocycles. The van der Waals surface area contributed by atoms with Gasteiger partial charge in [0.1, 0.15) is 0 Å². The summed E-state index contributed by atoms with van der Waals surface area (Å²) >= 11 is 0. The predicted molar refractivity (Wildman–Crippen MR) is 50.9 cm³/mol. The molecule has 2 atom stereocenters. The number of hydrogen-bond acceptors (Lipinski definition) is 2. The number of rotatable bonds is 3. The molecule has 0 amide bonds. The fraction of sp³-hybridized carbons (Fsp3) is 0.500. The quantitative estimate of drug-likeness (QED) is 0.741. The summed E-state index contributed by atoms with van der Waals surface area (Å²) in [4.78, 5) is 4.28. The van der Waals surface area contributed by atoms with Crippen molar-refractivity contribution in [3.63, 3.8) is 0 Å². The van der Waals surface area contributed by atoms with Crippen molar-refractivity contribution in [2.24, 2.45) is 5.73 Å². The summed E-state index contributed by atoms with van der Waals surface area (Å²) in [6.45, 7) is 4.19. The minimum atomic E-state index is 0.252. The summed E-state index contributed by atoms with van der Waals surface area (Å²) in [6, 6.07) is 6.25. The lowest BCUT2D eigenvalue weighted by Gasteiger charge is -2.12. The Morgan fingerprint density at radius 2 is 2.17 bits per heavy atom. The summed E-state index contributed by atoms with van der Waals surface area (Å²) in [5, 5.41) is 0. The van der Waals surface area contributed by atoms with Gasteiger partial charge in [-0.3, -0.25) is 4.98 Å². The Morgan fingerprint density at radius 3 is 2.67 bits per heavy atom. The van der Waals surface area contributed by atoms with Crippen LogP contribution in [0.15, 0.2) is 24.4 Å². The van der Waals surface area contributed by atoms with Gasteiger partial charge < -0.3 is 5.73 Å². The highest BCUT2D eigenvalue weighted by atomic mass is 14.7. The molecule has 66 valence electrons. The van der Waals surface area contributed by atoms with Crippen molar-refractivity contribution in [3.05, 3.63) is 30.1 Å². The average molecular weight is 164 g/mol. The molecule has 12 heavy (non-hydrogen) atoms. The molecule has 0 aromatic carbocycles. The lowest BCUT2D eigenvalue weighted by molar-refractivity contribution is 0.575. The van der Waals surface area contributed by atoms with Crippen molar-refractivity contribution in [2.45, 2.75) is 32.2 Å². The average Bonchev–Trinajstić information content (AvgIpc) is 2.05. The third kappa shape index (κ3) is 2.62. The summed E-state index contributed by atoms with van der Waals surface area (Å²) < 4.78 is 0. The summed E-state index contributed by atoms with van der Waals surface area (Å²) in [5.41, 5.74) is 6.84. The molecule has 2 nitrogen and oxygen atoms in total. The maximum Gasteiger partial charge on any atom is 0.0432 e. The van der Waals surface area contributed by atoms with Gasteiger partial charge in [-0.2, -0.15) is 0 Å². The number of pyridine rings is 1. The summed E-state index contributed by atoms with van der Waals surface area (Å²) in [6.07, 6.45) is 2.82. The highest BCUT2D eigenvalue weighted by Crippen LogP contribution is 2.16. The van der Waals surface area contributed by atoms with Crippen LogP contribution < -0.4 is 5.73 Å². The van der Waals surface area contributed by atoms with E-state index in [2.05, 4.69) is 11.9 Å². The SMILES string of the molecule is CC(N)CC(C)c1ccccn1. The Bertz CT molecular complexity index is 219. The first-order chi connectivity index (χ1) is 5.70. The van der Waals surface area contributed by atoms with Crippen LogP contribution in [0.25, 0.3) is 0 Å². The summed E-state index contributed by atoms with van der Waals surface area (Å²) in [5.74, 6) is 0.464. The van der Waals surface area contributed by atoms with Gasteiger partial charge in [-0.1, -0.05) is 13.0 Å². The zero-order chi connectivity index (χ0) is 8.97. The smallest absolute Gasteiger partial charge is 0.0432 e. The maximum absolute atomic E-state index is 5.70. The number of aromatic nitrogens is 1. The van der Waals surface area contributed by atoms with Crippen LogP contribution in [0.1, 0.15) is 31.9 Å². The molecule has 1 aromatic rings. The lowest BCUT2D eigenvalue weighted by Crippen LogP contribution is -2.17. The fourth-order valence-electron chi connectivity index (χ4n) is 1.35. The van der Waals surface area contributed by atoms with Crippen molar-refractivity contribution in [3.8, 4) is 0 Å². The van der Waals surface area contributed by atoms with Gasteiger partial charge in [0.25, 0.3) is 0 Å². The topological polar surface area (TPSA) is 38.9 Å². The van der Waals surface area contributed by atoms with E-state index in [-0.39, 0.29) is 6.04 Å². The van der Waals surface area contributed by atoms with Crippen LogP contribution in [-0.2, 0) is 0 Å². The zero-order valence-corrected chi connectivity index (χ0v) is 7.70. The second-order valence-corrected chi connectivity index (χ2v) is 3.37. The minimum Gasteiger partial charge on any atom is -0.328 e. The second-order valence-electron chi connectivity index (χ2n) is 3.37. The van der Waals surface area contributed by atoms with Crippen LogP contribution in [-0.4, -0.2) is 11.0 Å². The molecule has 0 radical (unpaired) electrons. The first-order valence-electron chi connectivity index (χ1n) is 4.36. The van der Waals surface area contributed by atoms with Crippen LogP contribution >= 0.6 is 0 Å². The maximum atomic E-state index is 5.70. The van der Waals surface area contributed by atoms with E-state index in [4.69, 9.17) is 5.73 Å². The minimum absolute atomic E-state index is 0.252. The zero-order valence-electron chi connectivity index (χ0n) is 7.70. The molecule has 2 unspecified atom stereocenters. The molecule has 0 spiro atoms. The van der Waals surface area contributed by atoms with E-state index in [9.17, 15) is 0 Å². The van der Waals surface area contributed by atoms with E-state index in [0.29, 0.717) is 5.92 Å². The van der Waals surface area contributed by atoms with Crippen molar-refractivity contribution in [2.75, 3.05) is 0 Å². The Balaban J connectivity index is 2.59. The van der Waals surface area contributed by atoms with Gasteiger partial charge in [0.05, 0.1) is 0 Å². The highest BCUT2D eigenvalue weighted by molar-refractivity contribution is 5.08. The molecule has 2 heteroatoms. The fourth-order valence-corrected chi connectivity index (χ4v) is 1.35. The van der Waals surface area contributed by atoms with Crippen LogP contribution in [0.5, 0.6) is 0 Å². The highest BCUT2D eigenvalue weighted by Gasteiger charge is 2.07. The Morgan fingerprint density at radius 1 is 1.42 bits per heavy atom. The van der Waals surface area contributed by atoms with E-state index in [1.54, 1.807) is 0 Å². The van der Waals surface area contributed by atoms with E-state index in [1.165, 1.54) is 0 Å². The molecular formula is C10H16N2. The summed E-state index contributed by atoms with van der Waals surface area (Å²) in [7, 11) is 0. The van der Waals surface area contributed by atoms with Crippen molar-refractivity contribution >= 4 is 0 Å². The second kappa shape index (κ2) is 4.21. The first-order valence-corrected chi connectivity index (χ1v) is 4.36. The molecule has 0 fully saturated rings. The third-order valence-electron chi connectivity index (χ3n) is 1.92.